The SMILES string of the molecule is COC1CCC(OC2CCS(=O)(=O)C2)CC1. The molecule has 2 rings (SSSR count). The summed E-state index contributed by atoms with van der Waals surface area (Å²) in [6.45, 7) is 0. The molecule has 1 unspecified atom stereocenters. The van der Waals surface area contributed by atoms with Gasteiger partial charge in [-0.05, 0) is 32.1 Å². The van der Waals surface area contributed by atoms with Gasteiger partial charge in [-0.3, -0.25) is 0 Å². The van der Waals surface area contributed by atoms with Crippen molar-refractivity contribution in [2.45, 2.75) is 50.4 Å². The van der Waals surface area contributed by atoms with Crippen LogP contribution in [0.25, 0.3) is 0 Å². The fourth-order valence-corrected chi connectivity index (χ4v) is 4.14. The smallest absolute Gasteiger partial charge is 0.152 e. The molecule has 1 saturated carbocycles. The topological polar surface area (TPSA) is 52.6 Å². The Morgan fingerprint density at radius 3 is 2.06 bits per heavy atom. The normalized spacial score (nSPS) is 38.7. The molecule has 1 aliphatic carbocycles. The molecule has 0 radical (unpaired) electrons. The van der Waals surface area contributed by atoms with Gasteiger partial charge in [-0.25, -0.2) is 8.42 Å². The van der Waals surface area contributed by atoms with Crippen LogP contribution < -0.4 is 0 Å². The van der Waals surface area contributed by atoms with Gasteiger partial charge in [0.1, 0.15) is 0 Å². The molecule has 0 bridgehead atoms. The van der Waals surface area contributed by atoms with Crippen LogP contribution in [0.5, 0.6) is 0 Å². The lowest BCUT2D eigenvalue weighted by molar-refractivity contribution is -0.0451. The molecule has 1 aliphatic heterocycles. The van der Waals surface area contributed by atoms with E-state index in [-0.39, 0.29) is 18.0 Å². The predicted octanol–water partition coefficient (Wildman–Crippen LogP) is 1.15. The largest absolute Gasteiger partial charge is 0.381 e. The van der Waals surface area contributed by atoms with Crippen LogP contribution >= 0.6 is 0 Å². The minimum atomic E-state index is -2.81. The molecule has 5 heteroatoms. The van der Waals surface area contributed by atoms with Crippen molar-refractivity contribution in [1.29, 1.82) is 0 Å². The van der Waals surface area contributed by atoms with Gasteiger partial charge in [-0.2, -0.15) is 0 Å². The molecule has 0 amide bonds. The lowest BCUT2D eigenvalue weighted by atomic mass is 9.95. The third-order valence-electron chi connectivity index (χ3n) is 3.53. The van der Waals surface area contributed by atoms with Crippen LogP contribution in [-0.2, 0) is 19.3 Å². The molecule has 16 heavy (non-hydrogen) atoms. The van der Waals surface area contributed by atoms with E-state index < -0.39 is 9.84 Å². The van der Waals surface area contributed by atoms with Gasteiger partial charge in [0.15, 0.2) is 9.84 Å². The van der Waals surface area contributed by atoms with E-state index in [4.69, 9.17) is 9.47 Å². The first kappa shape index (κ1) is 12.3. The Kier molecular flexibility index (Phi) is 3.87. The van der Waals surface area contributed by atoms with Gasteiger partial charge in [0.25, 0.3) is 0 Å². The van der Waals surface area contributed by atoms with Gasteiger partial charge < -0.3 is 9.47 Å². The summed E-state index contributed by atoms with van der Waals surface area (Å²) in [5, 5.41) is 0. The molecular formula is C11H20O4S. The van der Waals surface area contributed by atoms with E-state index in [9.17, 15) is 8.42 Å². The standard InChI is InChI=1S/C11H20O4S/c1-14-9-2-4-10(5-3-9)15-11-6-7-16(12,13)8-11/h9-11H,2-8H2,1H3. The van der Waals surface area contributed by atoms with E-state index in [1.807, 2.05) is 0 Å². The fourth-order valence-electron chi connectivity index (χ4n) is 2.54. The van der Waals surface area contributed by atoms with Crippen molar-refractivity contribution in [2.75, 3.05) is 18.6 Å². The number of hydrogen-bond donors (Lipinski definition) is 0. The Morgan fingerprint density at radius 2 is 1.56 bits per heavy atom. The third kappa shape index (κ3) is 3.18. The summed E-state index contributed by atoms with van der Waals surface area (Å²) in [4.78, 5) is 0. The maximum absolute atomic E-state index is 11.3. The van der Waals surface area contributed by atoms with E-state index in [1.165, 1.54) is 0 Å². The average molecular weight is 248 g/mol. The highest BCUT2D eigenvalue weighted by Gasteiger charge is 2.31. The van der Waals surface area contributed by atoms with Gasteiger partial charge in [0, 0.05) is 7.11 Å². The number of methoxy groups -OCH3 is 1. The first-order valence-electron chi connectivity index (χ1n) is 5.98. The molecular weight excluding hydrogens is 228 g/mol. The zero-order valence-electron chi connectivity index (χ0n) is 9.72. The number of rotatable bonds is 3. The molecule has 1 heterocycles. The Bertz CT molecular complexity index is 317. The first-order chi connectivity index (χ1) is 7.59. The van der Waals surface area contributed by atoms with E-state index in [0.29, 0.717) is 18.3 Å². The van der Waals surface area contributed by atoms with Crippen LogP contribution in [0.3, 0.4) is 0 Å². The molecule has 0 spiro atoms. The predicted molar refractivity (Wildman–Crippen MR) is 61.2 cm³/mol. The maximum Gasteiger partial charge on any atom is 0.152 e. The summed E-state index contributed by atoms with van der Waals surface area (Å²) < 4.78 is 33.7. The molecule has 94 valence electrons. The van der Waals surface area contributed by atoms with E-state index >= 15 is 0 Å². The number of sulfone groups is 1. The fraction of sp³-hybridized carbons (Fsp3) is 1.00. The van der Waals surface area contributed by atoms with Crippen molar-refractivity contribution in [2.24, 2.45) is 0 Å². The van der Waals surface area contributed by atoms with Crippen LogP contribution in [0.4, 0.5) is 0 Å². The minimum Gasteiger partial charge on any atom is -0.381 e. The summed E-state index contributed by atoms with van der Waals surface area (Å²) in [5.74, 6) is 0.516. The monoisotopic (exact) mass is 248 g/mol. The molecule has 0 aromatic rings. The van der Waals surface area contributed by atoms with Gasteiger partial charge >= 0.3 is 0 Å². The van der Waals surface area contributed by atoms with Crippen LogP contribution in [-0.4, -0.2) is 45.3 Å². The van der Waals surface area contributed by atoms with Crippen LogP contribution in [0.2, 0.25) is 0 Å². The third-order valence-corrected chi connectivity index (χ3v) is 5.27. The molecule has 0 aromatic carbocycles. The second kappa shape index (κ2) is 5.02. The van der Waals surface area contributed by atoms with Crippen molar-refractivity contribution >= 4 is 9.84 Å². The van der Waals surface area contributed by atoms with Crippen molar-refractivity contribution < 1.29 is 17.9 Å². The minimum absolute atomic E-state index is 0.0610. The summed E-state index contributed by atoms with van der Waals surface area (Å²) in [5.41, 5.74) is 0. The number of hydrogen-bond acceptors (Lipinski definition) is 4. The summed E-state index contributed by atoms with van der Waals surface area (Å²) in [7, 11) is -1.07. The Balaban J connectivity index is 1.75. The summed E-state index contributed by atoms with van der Waals surface area (Å²) >= 11 is 0. The Labute approximate surface area is 97.2 Å². The first-order valence-corrected chi connectivity index (χ1v) is 7.80. The summed E-state index contributed by atoms with van der Waals surface area (Å²) in [6.07, 6.45) is 5.27. The lowest BCUT2D eigenvalue weighted by Crippen LogP contribution is -2.29. The highest BCUT2D eigenvalue weighted by molar-refractivity contribution is 7.91. The molecule has 1 saturated heterocycles. The van der Waals surface area contributed by atoms with Crippen molar-refractivity contribution in [3.8, 4) is 0 Å². The van der Waals surface area contributed by atoms with Gasteiger partial charge in [-0.15, -0.1) is 0 Å². The molecule has 0 aromatic heterocycles. The van der Waals surface area contributed by atoms with Crippen molar-refractivity contribution in [1.82, 2.24) is 0 Å². The zero-order valence-corrected chi connectivity index (χ0v) is 10.5. The zero-order chi connectivity index (χ0) is 11.6. The van der Waals surface area contributed by atoms with Crippen LogP contribution in [0.15, 0.2) is 0 Å². The molecule has 2 aliphatic rings. The highest BCUT2D eigenvalue weighted by Crippen LogP contribution is 2.26. The molecule has 4 nitrogen and oxygen atoms in total. The molecule has 1 atom stereocenters. The second-order valence-corrected chi connectivity index (χ2v) is 7.02. The van der Waals surface area contributed by atoms with Crippen molar-refractivity contribution in [3.05, 3.63) is 0 Å². The van der Waals surface area contributed by atoms with Gasteiger partial charge in [-0.1, -0.05) is 0 Å². The quantitative estimate of drug-likeness (QED) is 0.752. The van der Waals surface area contributed by atoms with E-state index in [0.717, 1.165) is 25.7 Å². The Morgan fingerprint density at radius 1 is 0.938 bits per heavy atom. The van der Waals surface area contributed by atoms with Crippen LogP contribution in [0.1, 0.15) is 32.1 Å². The van der Waals surface area contributed by atoms with Gasteiger partial charge in [0.05, 0.1) is 29.8 Å². The number of ether oxygens (including phenoxy) is 2. The lowest BCUT2D eigenvalue weighted by Gasteiger charge is -2.29. The van der Waals surface area contributed by atoms with Crippen LogP contribution in [0, 0.1) is 0 Å². The van der Waals surface area contributed by atoms with E-state index in [2.05, 4.69) is 0 Å². The maximum atomic E-state index is 11.3. The Hall–Kier alpha value is -0.130. The average Bonchev–Trinajstić information content (AvgIpc) is 2.59. The molecule has 0 N–H and O–H groups in total. The van der Waals surface area contributed by atoms with Gasteiger partial charge in [0.2, 0.25) is 0 Å². The second-order valence-electron chi connectivity index (χ2n) is 4.80. The highest BCUT2D eigenvalue weighted by atomic mass is 32.2. The van der Waals surface area contributed by atoms with E-state index in [1.54, 1.807) is 7.11 Å². The summed E-state index contributed by atoms with van der Waals surface area (Å²) in [6, 6.07) is 0. The molecule has 2 fully saturated rings. The van der Waals surface area contributed by atoms with Crippen molar-refractivity contribution in [3.63, 3.8) is 0 Å².